The predicted molar refractivity (Wildman–Crippen MR) is 59.2 cm³/mol. The molecule has 0 radical (unpaired) electrons. The molecule has 0 fully saturated rings. The molecule has 6 nitrogen and oxygen atoms in total. The Labute approximate surface area is 95.5 Å². The minimum atomic E-state index is -0.932. The van der Waals surface area contributed by atoms with E-state index < -0.39 is 5.97 Å². The lowest BCUT2D eigenvalue weighted by Gasteiger charge is -2.30. The van der Waals surface area contributed by atoms with Crippen LogP contribution in [0, 0.1) is 0 Å². The molecule has 0 aromatic carbocycles. The molecule has 0 aromatic rings. The van der Waals surface area contributed by atoms with Crippen LogP contribution in [-0.4, -0.2) is 64.8 Å². The van der Waals surface area contributed by atoms with Crippen LogP contribution < -0.4 is 0 Å². The van der Waals surface area contributed by atoms with Crippen LogP contribution in [0.4, 0.5) is 4.79 Å². The van der Waals surface area contributed by atoms with Gasteiger partial charge in [-0.1, -0.05) is 0 Å². The van der Waals surface area contributed by atoms with Crippen molar-refractivity contribution in [1.82, 2.24) is 9.80 Å². The molecule has 0 saturated heterocycles. The molecule has 0 atom stereocenters. The van der Waals surface area contributed by atoms with Crippen LogP contribution >= 0.6 is 0 Å². The van der Waals surface area contributed by atoms with Gasteiger partial charge in [0, 0.05) is 26.2 Å². The van der Waals surface area contributed by atoms with Crippen molar-refractivity contribution in [1.29, 1.82) is 0 Å². The summed E-state index contributed by atoms with van der Waals surface area (Å²) in [6.07, 6.45) is -0.0761. The van der Waals surface area contributed by atoms with Gasteiger partial charge in [0.1, 0.15) is 0 Å². The third-order valence-corrected chi connectivity index (χ3v) is 2.20. The fraction of sp³-hybridized carbons (Fsp3) is 0.800. The quantitative estimate of drug-likeness (QED) is 0.686. The van der Waals surface area contributed by atoms with Crippen molar-refractivity contribution in [2.45, 2.75) is 26.3 Å². The van der Waals surface area contributed by atoms with E-state index in [1.54, 1.807) is 7.05 Å². The summed E-state index contributed by atoms with van der Waals surface area (Å²) in [5.41, 5.74) is 0. The summed E-state index contributed by atoms with van der Waals surface area (Å²) in [7, 11) is 1.55. The predicted octanol–water partition coefficient (Wildman–Crippen LogP) is 0.216. The summed E-state index contributed by atoms with van der Waals surface area (Å²) >= 11 is 0. The zero-order valence-corrected chi connectivity index (χ0v) is 10.0. The summed E-state index contributed by atoms with van der Waals surface area (Å²) < 4.78 is 0. The van der Waals surface area contributed by atoms with Crippen molar-refractivity contribution in [2.24, 2.45) is 0 Å². The zero-order chi connectivity index (χ0) is 12.7. The lowest BCUT2D eigenvalue weighted by Crippen LogP contribution is -2.46. The number of hydrogen-bond acceptors (Lipinski definition) is 3. The van der Waals surface area contributed by atoms with Gasteiger partial charge in [0.05, 0.1) is 13.0 Å². The number of nitrogens with zero attached hydrogens (tertiary/aromatic N) is 2. The van der Waals surface area contributed by atoms with E-state index in [9.17, 15) is 9.59 Å². The standard InChI is InChI=1S/C10H20N2O4/c1-8(2)12(6-7-13)10(16)11(3)5-4-9(14)15/h8,13H,4-7H2,1-3H3,(H,14,15). The molecule has 94 valence electrons. The van der Waals surface area contributed by atoms with Gasteiger partial charge < -0.3 is 20.0 Å². The van der Waals surface area contributed by atoms with E-state index in [0.717, 1.165) is 0 Å². The lowest BCUT2D eigenvalue weighted by molar-refractivity contribution is -0.137. The molecule has 0 aliphatic rings. The van der Waals surface area contributed by atoms with E-state index >= 15 is 0 Å². The Morgan fingerprint density at radius 3 is 2.19 bits per heavy atom. The molecule has 6 heteroatoms. The number of carboxylic acid groups (broad SMARTS) is 1. The van der Waals surface area contributed by atoms with Crippen molar-refractivity contribution in [3.8, 4) is 0 Å². The molecule has 0 spiro atoms. The SMILES string of the molecule is CC(C)N(CCO)C(=O)N(C)CCC(=O)O. The highest BCUT2D eigenvalue weighted by atomic mass is 16.4. The maximum absolute atomic E-state index is 11.8. The number of carbonyl (C=O) groups excluding carboxylic acids is 1. The summed E-state index contributed by atoms with van der Waals surface area (Å²) in [5.74, 6) is -0.932. The topological polar surface area (TPSA) is 81.1 Å². The average molecular weight is 232 g/mol. The zero-order valence-electron chi connectivity index (χ0n) is 10.0. The Morgan fingerprint density at radius 1 is 1.25 bits per heavy atom. The fourth-order valence-corrected chi connectivity index (χ4v) is 1.26. The molecule has 0 bridgehead atoms. The van der Waals surface area contributed by atoms with Crippen LogP contribution in [0.15, 0.2) is 0 Å². The van der Waals surface area contributed by atoms with Crippen LogP contribution in [0.3, 0.4) is 0 Å². The highest BCUT2D eigenvalue weighted by molar-refractivity contribution is 5.75. The minimum absolute atomic E-state index is 0.0214. The number of rotatable bonds is 6. The summed E-state index contributed by atoms with van der Waals surface area (Å²) in [6, 6.07) is -0.280. The van der Waals surface area contributed by atoms with E-state index in [1.165, 1.54) is 9.80 Å². The van der Waals surface area contributed by atoms with Gasteiger partial charge in [0.25, 0.3) is 0 Å². The second kappa shape index (κ2) is 7.05. The van der Waals surface area contributed by atoms with Crippen LogP contribution in [0.5, 0.6) is 0 Å². The van der Waals surface area contributed by atoms with Crippen molar-refractivity contribution in [3.05, 3.63) is 0 Å². The molecule has 16 heavy (non-hydrogen) atoms. The summed E-state index contributed by atoms with van der Waals surface area (Å²) in [5, 5.41) is 17.3. The first-order valence-electron chi connectivity index (χ1n) is 5.24. The lowest BCUT2D eigenvalue weighted by atomic mass is 10.3. The minimum Gasteiger partial charge on any atom is -0.481 e. The number of urea groups is 1. The number of carboxylic acids is 1. The van der Waals surface area contributed by atoms with Gasteiger partial charge in [-0.2, -0.15) is 0 Å². The second-order valence-corrected chi connectivity index (χ2v) is 3.86. The molecule has 0 rings (SSSR count). The number of carbonyl (C=O) groups is 2. The van der Waals surface area contributed by atoms with Gasteiger partial charge in [-0.25, -0.2) is 4.79 Å². The first-order chi connectivity index (χ1) is 7.40. The third kappa shape index (κ3) is 4.97. The number of amides is 2. The third-order valence-electron chi connectivity index (χ3n) is 2.20. The number of aliphatic carboxylic acids is 1. The summed E-state index contributed by atoms with van der Waals surface area (Å²) in [6.45, 7) is 4.02. The number of aliphatic hydroxyl groups is 1. The Kier molecular flexibility index (Phi) is 6.48. The van der Waals surface area contributed by atoms with Gasteiger partial charge in [-0.3, -0.25) is 4.79 Å². The molecule has 0 unspecified atom stereocenters. The molecule has 0 aromatic heterocycles. The van der Waals surface area contributed by atoms with Crippen LogP contribution in [0.1, 0.15) is 20.3 Å². The van der Waals surface area contributed by atoms with E-state index in [4.69, 9.17) is 10.2 Å². The molecule has 2 N–H and O–H groups in total. The second-order valence-electron chi connectivity index (χ2n) is 3.86. The number of hydrogen-bond donors (Lipinski definition) is 2. The number of aliphatic hydroxyl groups excluding tert-OH is 1. The molecule has 2 amide bonds. The van der Waals surface area contributed by atoms with Crippen LogP contribution in [-0.2, 0) is 4.79 Å². The molecular weight excluding hydrogens is 212 g/mol. The van der Waals surface area contributed by atoms with Gasteiger partial charge in [0.15, 0.2) is 0 Å². The Morgan fingerprint density at radius 2 is 1.81 bits per heavy atom. The normalized spacial score (nSPS) is 10.3. The largest absolute Gasteiger partial charge is 0.481 e. The maximum atomic E-state index is 11.8. The van der Waals surface area contributed by atoms with E-state index in [1.807, 2.05) is 13.8 Å². The Balaban J connectivity index is 4.31. The first kappa shape index (κ1) is 14.7. The van der Waals surface area contributed by atoms with E-state index in [2.05, 4.69) is 0 Å². The highest BCUT2D eigenvalue weighted by Gasteiger charge is 2.20. The molecule has 0 saturated carbocycles. The fourth-order valence-electron chi connectivity index (χ4n) is 1.26. The monoisotopic (exact) mass is 232 g/mol. The van der Waals surface area contributed by atoms with Gasteiger partial charge >= 0.3 is 12.0 Å². The average Bonchev–Trinajstić information content (AvgIpc) is 2.20. The molecular formula is C10H20N2O4. The van der Waals surface area contributed by atoms with Crippen molar-refractivity contribution >= 4 is 12.0 Å². The first-order valence-corrected chi connectivity index (χ1v) is 5.24. The van der Waals surface area contributed by atoms with Crippen molar-refractivity contribution < 1.29 is 19.8 Å². The van der Waals surface area contributed by atoms with E-state index in [0.29, 0.717) is 0 Å². The van der Waals surface area contributed by atoms with Gasteiger partial charge in [-0.15, -0.1) is 0 Å². The maximum Gasteiger partial charge on any atom is 0.320 e. The highest BCUT2D eigenvalue weighted by Crippen LogP contribution is 2.03. The molecule has 0 aliphatic heterocycles. The van der Waals surface area contributed by atoms with E-state index in [-0.39, 0.29) is 38.2 Å². The smallest absolute Gasteiger partial charge is 0.320 e. The van der Waals surface area contributed by atoms with Crippen molar-refractivity contribution in [3.63, 3.8) is 0 Å². The van der Waals surface area contributed by atoms with Crippen LogP contribution in [0.2, 0.25) is 0 Å². The molecule has 0 aliphatic carbocycles. The van der Waals surface area contributed by atoms with Gasteiger partial charge in [0.2, 0.25) is 0 Å². The Hall–Kier alpha value is -1.30. The molecule has 0 heterocycles. The Bertz CT molecular complexity index is 243. The van der Waals surface area contributed by atoms with Crippen molar-refractivity contribution in [2.75, 3.05) is 26.7 Å². The summed E-state index contributed by atoms with van der Waals surface area (Å²) in [4.78, 5) is 25.1. The van der Waals surface area contributed by atoms with Crippen LogP contribution in [0.25, 0.3) is 0 Å². The van der Waals surface area contributed by atoms with Gasteiger partial charge in [-0.05, 0) is 13.8 Å².